The van der Waals surface area contributed by atoms with Gasteiger partial charge in [0, 0.05) is 5.38 Å². The molecule has 0 spiro atoms. The summed E-state index contributed by atoms with van der Waals surface area (Å²) < 4.78 is 5.60. The predicted octanol–water partition coefficient (Wildman–Crippen LogP) is 3.17. The molecule has 0 aliphatic carbocycles. The van der Waals surface area contributed by atoms with Crippen molar-refractivity contribution in [2.75, 3.05) is 5.32 Å². The Morgan fingerprint density at radius 3 is 2.84 bits per heavy atom. The van der Waals surface area contributed by atoms with E-state index < -0.39 is 6.10 Å². The molecule has 1 aromatic heterocycles. The van der Waals surface area contributed by atoms with Crippen LogP contribution in [0.1, 0.15) is 18.2 Å². The van der Waals surface area contributed by atoms with Gasteiger partial charge >= 0.3 is 0 Å². The number of aromatic nitrogens is 1. The maximum absolute atomic E-state index is 11.9. The molecule has 1 aromatic carbocycles. The third-order valence-electron chi connectivity index (χ3n) is 2.52. The highest BCUT2D eigenvalue weighted by Gasteiger charge is 2.16. The van der Waals surface area contributed by atoms with Crippen LogP contribution in [0.15, 0.2) is 29.6 Å². The molecule has 1 N–H and O–H groups in total. The Kier molecular flexibility index (Phi) is 4.16. The first-order chi connectivity index (χ1) is 9.04. The predicted molar refractivity (Wildman–Crippen MR) is 76.7 cm³/mol. The number of benzene rings is 1. The van der Waals surface area contributed by atoms with Crippen LogP contribution in [-0.4, -0.2) is 17.0 Å². The number of anilines is 1. The summed E-state index contributed by atoms with van der Waals surface area (Å²) in [6, 6.07) is 7.62. The van der Waals surface area contributed by atoms with Crippen molar-refractivity contribution in [2.24, 2.45) is 0 Å². The number of thiazole rings is 1. The fraction of sp³-hybridized carbons (Fsp3) is 0.286. The summed E-state index contributed by atoms with van der Waals surface area (Å²) in [6.45, 7) is 5.59. The van der Waals surface area contributed by atoms with Gasteiger partial charge in [0.2, 0.25) is 0 Å². The molecule has 100 valence electrons. The second-order valence-corrected chi connectivity index (χ2v) is 5.22. The lowest BCUT2D eigenvalue weighted by Gasteiger charge is -2.13. The van der Waals surface area contributed by atoms with E-state index in [1.54, 1.807) is 6.92 Å². The highest BCUT2D eigenvalue weighted by molar-refractivity contribution is 7.13. The second-order valence-electron chi connectivity index (χ2n) is 4.36. The molecule has 4 nitrogen and oxygen atoms in total. The van der Waals surface area contributed by atoms with Crippen LogP contribution in [0, 0.1) is 13.8 Å². The van der Waals surface area contributed by atoms with Gasteiger partial charge in [-0.15, -0.1) is 11.3 Å². The molecule has 2 rings (SSSR count). The topological polar surface area (TPSA) is 51.2 Å². The van der Waals surface area contributed by atoms with Crippen molar-refractivity contribution in [1.82, 2.24) is 4.98 Å². The lowest BCUT2D eigenvalue weighted by molar-refractivity contribution is -0.122. The molecule has 0 radical (unpaired) electrons. The number of rotatable bonds is 4. The van der Waals surface area contributed by atoms with E-state index in [0.717, 1.165) is 11.3 Å². The van der Waals surface area contributed by atoms with E-state index in [0.29, 0.717) is 10.9 Å². The Bertz CT molecular complexity index is 580. The minimum Gasteiger partial charge on any atom is -0.481 e. The van der Waals surface area contributed by atoms with E-state index >= 15 is 0 Å². The van der Waals surface area contributed by atoms with Crippen LogP contribution in [0.4, 0.5) is 5.13 Å². The van der Waals surface area contributed by atoms with Crippen molar-refractivity contribution in [3.63, 3.8) is 0 Å². The Hall–Kier alpha value is -1.88. The van der Waals surface area contributed by atoms with Gasteiger partial charge in [-0.25, -0.2) is 4.98 Å². The monoisotopic (exact) mass is 276 g/mol. The van der Waals surface area contributed by atoms with Gasteiger partial charge in [0.15, 0.2) is 11.2 Å². The summed E-state index contributed by atoms with van der Waals surface area (Å²) in [6.07, 6.45) is -0.564. The van der Waals surface area contributed by atoms with Crippen molar-refractivity contribution in [1.29, 1.82) is 0 Å². The largest absolute Gasteiger partial charge is 0.481 e. The maximum Gasteiger partial charge on any atom is 0.266 e. The zero-order valence-corrected chi connectivity index (χ0v) is 12.0. The van der Waals surface area contributed by atoms with E-state index in [9.17, 15) is 4.79 Å². The molecule has 0 bridgehead atoms. The van der Waals surface area contributed by atoms with Gasteiger partial charge in [-0.2, -0.15) is 0 Å². The van der Waals surface area contributed by atoms with Crippen LogP contribution in [0.5, 0.6) is 5.75 Å². The maximum atomic E-state index is 11.9. The first-order valence-electron chi connectivity index (χ1n) is 6.01. The first kappa shape index (κ1) is 13.5. The Balaban J connectivity index is 1.96. The lowest BCUT2D eigenvalue weighted by atomic mass is 10.2. The zero-order chi connectivity index (χ0) is 13.8. The molecule has 5 heteroatoms. The molecule has 0 aliphatic rings. The summed E-state index contributed by atoms with van der Waals surface area (Å²) in [5, 5.41) is 5.23. The summed E-state index contributed by atoms with van der Waals surface area (Å²) in [7, 11) is 0. The average molecular weight is 276 g/mol. The van der Waals surface area contributed by atoms with Crippen LogP contribution in [0.25, 0.3) is 0 Å². The molecule has 0 fully saturated rings. The molecule has 19 heavy (non-hydrogen) atoms. The number of nitrogens with zero attached hydrogens (tertiary/aromatic N) is 1. The van der Waals surface area contributed by atoms with E-state index in [1.165, 1.54) is 11.3 Å². The van der Waals surface area contributed by atoms with Crippen molar-refractivity contribution >= 4 is 22.4 Å². The number of nitrogens with one attached hydrogen (secondary N) is 1. The summed E-state index contributed by atoms with van der Waals surface area (Å²) in [5.74, 6) is 0.494. The highest BCUT2D eigenvalue weighted by atomic mass is 32.1. The second kappa shape index (κ2) is 5.84. The third kappa shape index (κ3) is 3.79. The number of aryl methyl sites for hydroxylation is 2. The smallest absolute Gasteiger partial charge is 0.266 e. The molecular formula is C14H16N2O2S. The zero-order valence-electron chi connectivity index (χ0n) is 11.1. The molecule has 1 heterocycles. The molecule has 0 saturated heterocycles. The quantitative estimate of drug-likeness (QED) is 0.933. The van der Waals surface area contributed by atoms with Gasteiger partial charge in [-0.3, -0.25) is 10.1 Å². The molecule has 0 saturated carbocycles. The fourth-order valence-electron chi connectivity index (χ4n) is 1.56. The van der Waals surface area contributed by atoms with Crippen molar-refractivity contribution in [3.8, 4) is 5.75 Å². The van der Waals surface area contributed by atoms with Crippen LogP contribution < -0.4 is 10.1 Å². The number of carbonyl (C=O) groups excluding carboxylic acids is 1. The third-order valence-corrected chi connectivity index (χ3v) is 3.40. The summed E-state index contributed by atoms with van der Waals surface area (Å²) in [4.78, 5) is 16.1. The summed E-state index contributed by atoms with van der Waals surface area (Å²) >= 11 is 1.41. The number of carbonyl (C=O) groups is 1. The molecule has 0 aliphatic heterocycles. The minimum absolute atomic E-state index is 0.198. The van der Waals surface area contributed by atoms with Gasteiger partial charge in [-0.05, 0) is 38.5 Å². The highest BCUT2D eigenvalue weighted by Crippen LogP contribution is 2.17. The van der Waals surface area contributed by atoms with E-state index in [2.05, 4.69) is 10.3 Å². The molecule has 1 atom stereocenters. The van der Waals surface area contributed by atoms with E-state index in [-0.39, 0.29) is 5.91 Å². The Labute approximate surface area is 116 Å². The van der Waals surface area contributed by atoms with E-state index in [4.69, 9.17) is 4.74 Å². The van der Waals surface area contributed by atoms with Crippen molar-refractivity contribution < 1.29 is 9.53 Å². The van der Waals surface area contributed by atoms with Crippen molar-refractivity contribution in [3.05, 3.63) is 40.9 Å². The van der Waals surface area contributed by atoms with E-state index in [1.807, 2.05) is 43.5 Å². The minimum atomic E-state index is -0.564. The SMILES string of the molecule is Cc1cccc(OC(C)C(=O)Nc2nc(C)cs2)c1. The van der Waals surface area contributed by atoms with Gasteiger partial charge in [0.25, 0.3) is 5.91 Å². The van der Waals surface area contributed by atoms with Crippen LogP contribution in [0.2, 0.25) is 0 Å². The van der Waals surface area contributed by atoms with Crippen LogP contribution in [0.3, 0.4) is 0 Å². The number of amides is 1. The fourth-order valence-corrected chi connectivity index (χ4v) is 2.26. The summed E-state index contributed by atoms with van der Waals surface area (Å²) in [5.41, 5.74) is 1.99. The van der Waals surface area contributed by atoms with Crippen molar-refractivity contribution in [2.45, 2.75) is 26.9 Å². The average Bonchev–Trinajstić information content (AvgIpc) is 2.74. The number of hydrogen-bond donors (Lipinski definition) is 1. The van der Waals surface area contributed by atoms with Gasteiger partial charge in [0.1, 0.15) is 5.75 Å². The molecule has 1 amide bonds. The molecule has 2 aromatic rings. The molecular weight excluding hydrogens is 260 g/mol. The van der Waals surface area contributed by atoms with Gasteiger partial charge in [0.05, 0.1) is 5.69 Å². The van der Waals surface area contributed by atoms with Gasteiger partial charge < -0.3 is 4.74 Å². The first-order valence-corrected chi connectivity index (χ1v) is 6.89. The van der Waals surface area contributed by atoms with Crippen LogP contribution in [-0.2, 0) is 4.79 Å². The normalized spacial score (nSPS) is 11.9. The Morgan fingerprint density at radius 2 is 2.21 bits per heavy atom. The van der Waals surface area contributed by atoms with Gasteiger partial charge in [-0.1, -0.05) is 12.1 Å². The Morgan fingerprint density at radius 1 is 1.42 bits per heavy atom. The molecule has 1 unspecified atom stereocenters. The number of ether oxygens (including phenoxy) is 1. The van der Waals surface area contributed by atoms with Crippen LogP contribution >= 0.6 is 11.3 Å². The standard InChI is InChI=1S/C14H16N2O2S/c1-9-5-4-6-12(7-9)18-11(3)13(17)16-14-15-10(2)8-19-14/h4-8,11H,1-3H3,(H,15,16,17). The number of hydrogen-bond acceptors (Lipinski definition) is 4. The lowest BCUT2D eigenvalue weighted by Crippen LogP contribution is -2.30.